The average molecular weight is 883 g/mol. The zero-order valence-corrected chi connectivity index (χ0v) is 37.6. The molecule has 0 bridgehead atoms. The predicted molar refractivity (Wildman–Crippen MR) is 258 cm³/mol. The molecule has 66 heavy (non-hydrogen) atoms. The van der Waals surface area contributed by atoms with Crippen LogP contribution in [0.4, 0.5) is 0 Å². The molecule has 336 valence electrons. The summed E-state index contributed by atoms with van der Waals surface area (Å²) in [6.45, 7) is 9.43. The molecule has 0 radical (unpaired) electrons. The van der Waals surface area contributed by atoms with Crippen LogP contribution in [0.3, 0.4) is 0 Å². The number of unbranched alkanes of at least 4 members (excludes halogenated alkanes) is 2. The van der Waals surface area contributed by atoms with Crippen LogP contribution >= 0.6 is 0 Å². The molecule has 0 spiro atoms. The number of ether oxygens (including phenoxy) is 2. The van der Waals surface area contributed by atoms with E-state index in [0.29, 0.717) is 83.6 Å². The Hall–Kier alpha value is -7.54. The molecule has 0 aliphatic rings. The van der Waals surface area contributed by atoms with Crippen molar-refractivity contribution in [3.8, 4) is 91.3 Å². The minimum atomic E-state index is 0.0314. The molecule has 0 saturated carbocycles. The first-order chi connectivity index (χ1) is 32.1. The molecular weight excluding hydrogens is 829 g/mol. The van der Waals surface area contributed by atoms with Gasteiger partial charge in [0.1, 0.15) is 23.0 Å². The molecule has 6 aromatic carbocycles. The van der Waals surface area contributed by atoms with Crippen LogP contribution in [-0.4, -0.2) is 76.8 Å². The predicted octanol–water partition coefficient (Wildman–Crippen LogP) is 10.7. The van der Waals surface area contributed by atoms with Crippen LogP contribution in [0.2, 0.25) is 0 Å². The van der Waals surface area contributed by atoms with Crippen molar-refractivity contribution < 1.29 is 29.9 Å². The Morgan fingerprint density at radius 3 is 1.09 bits per heavy atom. The Morgan fingerprint density at radius 1 is 0.379 bits per heavy atom. The topological polar surface area (TPSA) is 177 Å². The Balaban J connectivity index is 0.000000198. The minimum absolute atomic E-state index is 0.0314. The van der Waals surface area contributed by atoms with E-state index in [1.165, 1.54) is 11.1 Å². The molecular formula is C54H54N6O6. The molecule has 12 nitrogen and oxygen atoms in total. The highest BCUT2D eigenvalue weighted by Crippen LogP contribution is 2.35. The van der Waals surface area contributed by atoms with Crippen molar-refractivity contribution in [2.75, 3.05) is 26.4 Å². The molecule has 2 heterocycles. The lowest BCUT2D eigenvalue weighted by atomic mass is 10.0. The van der Waals surface area contributed by atoms with Gasteiger partial charge in [0.15, 0.2) is 34.9 Å². The van der Waals surface area contributed by atoms with Gasteiger partial charge in [0.05, 0.1) is 24.3 Å². The molecule has 2 aromatic heterocycles. The fourth-order valence-electron chi connectivity index (χ4n) is 7.18. The summed E-state index contributed by atoms with van der Waals surface area (Å²) in [5.74, 6) is 4.16. The smallest absolute Gasteiger partial charge is 0.167 e. The second-order valence-electron chi connectivity index (χ2n) is 15.9. The number of hydrogen-bond donors (Lipinski definition) is 4. The third-order valence-corrected chi connectivity index (χ3v) is 10.6. The van der Waals surface area contributed by atoms with Crippen molar-refractivity contribution in [1.29, 1.82) is 0 Å². The first-order valence-electron chi connectivity index (χ1n) is 22.0. The Labute approximate surface area is 385 Å². The third kappa shape index (κ3) is 12.0. The van der Waals surface area contributed by atoms with Crippen LogP contribution in [0.25, 0.3) is 68.3 Å². The van der Waals surface area contributed by atoms with Gasteiger partial charge in [-0.15, -0.1) is 0 Å². The highest BCUT2D eigenvalue weighted by molar-refractivity contribution is 5.73. The lowest BCUT2D eigenvalue weighted by Gasteiger charge is -2.13. The SMILES string of the molecule is Cc1ccc(-c2nc(-c3ccc(C)cc3C)nc(-c3ccc(OCCCCO)cc3O)n2)c(C)c1.OCCCCOc1ccc(-c2nc(-c3ccccc3)nc(-c3ccccc3)n2)c(O)c1. The molecule has 0 aliphatic heterocycles. The van der Waals surface area contributed by atoms with Gasteiger partial charge in [-0.25, -0.2) is 29.9 Å². The van der Waals surface area contributed by atoms with E-state index in [1.807, 2.05) is 98.8 Å². The molecule has 4 N–H and O–H groups in total. The fourth-order valence-corrected chi connectivity index (χ4v) is 7.18. The van der Waals surface area contributed by atoms with Crippen LogP contribution in [0.15, 0.2) is 133 Å². The second kappa shape index (κ2) is 22.4. The number of nitrogens with zero attached hydrogens (tertiary/aromatic N) is 6. The number of phenols is 2. The average Bonchev–Trinajstić information content (AvgIpc) is 3.32. The van der Waals surface area contributed by atoms with E-state index in [0.717, 1.165) is 46.2 Å². The molecule has 0 fully saturated rings. The van der Waals surface area contributed by atoms with E-state index >= 15 is 0 Å². The highest BCUT2D eigenvalue weighted by atomic mass is 16.5. The fraction of sp³-hybridized carbons (Fsp3) is 0.222. The van der Waals surface area contributed by atoms with Gasteiger partial charge in [0.2, 0.25) is 0 Å². The van der Waals surface area contributed by atoms with Crippen molar-refractivity contribution in [2.24, 2.45) is 0 Å². The van der Waals surface area contributed by atoms with E-state index in [1.54, 1.807) is 36.4 Å². The molecule has 0 atom stereocenters. The number of benzene rings is 6. The lowest BCUT2D eigenvalue weighted by Crippen LogP contribution is -2.02. The summed E-state index contributed by atoms with van der Waals surface area (Å²) in [5.41, 5.74) is 9.07. The van der Waals surface area contributed by atoms with Crippen molar-refractivity contribution in [2.45, 2.75) is 53.4 Å². The molecule has 8 aromatic rings. The van der Waals surface area contributed by atoms with Gasteiger partial charge in [-0.3, -0.25) is 0 Å². The summed E-state index contributed by atoms with van der Waals surface area (Å²) in [6, 6.07) is 42.0. The van der Waals surface area contributed by atoms with Gasteiger partial charge in [0.25, 0.3) is 0 Å². The first-order valence-corrected chi connectivity index (χ1v) is 22.0. The Morgan fingerprint density at radius 2 is 0.727 bits per heavy atom. The summed E-state index contributed by atoms with van der Waals surface area (Å²) >= 11 is 0. The maximum atomic E-state index is 10.8. The molecule has 8 rings (SSSR count). The Bertz CT molecular complexity index is 2750. The summed E-state index contributed by atoms with van der Waals surface area (Å²) in [4.78, 5) is 28.3. The Kier molecular flexibility index (Phi) is 15.8. The zero-order valence-electron chi connectivity index (χ0n) is 37.6. The van der Waals surface area contributed by atoms with Crippen LogP contribution in [0, 0.1) is 27.7 Å². The van der Waals surface area contributed by atoms with Crippen molar-refractivity contribution in [3.05, 3.63) is 156 Å². The van der Waals surface area contributed by atoms with Crippen LogP contribution < -0.4 is 9.47 Å². The maximum Gasteiger partial charge on any atom is 0.167 e. The van der Waals surface area contributed by atoms with Crippen molar-refractivity contribution in [3.63, 3.8) is 0 Å². The van der Waals surface area contributed by atoms with Crippen LogP contribution in [0.5, 0.6) is 23.0 Å². The minimum Gasteiger partial charge on any atom is -0.507 e. The maximum absolute atomic E-state index is 10.8. The van der Waals surface area contributed by atoms with E-state index in [2.05, 4.69) is 40.9 Å². The van der Waals surface area contributed by atoms with Gasteiger partial charge in [-0.1, -0.05) is 108 Å². The molecule has 0 aliphatic carbocycles. The van der Waals surface area contributed by atoms with Crippen LogP contribution in [0.1, 0.15) is 47.9 Å². The number of aliphatic hydroxyl groups is 2. The molecule has 0 amide bonds. The van der Waals surface area contributed by atoms with Gasteiger partial charge in [-0.05, 0) is 88.8 Å². The largest absolute Gasteiger partial charge is 0.507 e. The normalized spacial score (nSPS) is 10.9. The summed E-state index contributed by atoms with van der Waals surface area (Å²) in [5, 5.41) is 39.3. The number of rotatable bonds is 16. The number of aryl methyl sites for hydroxylation is 4. The number of hydrogen-bond acceptors (Lipinski definition) is 12. The van der Waals surface area contributed by atoms with Crippen molar-refractivity contribution >= 4 is 0 Å². The summed E-state index contributed by atoms with van der Waals surface area (Å²) in [7, 11) is 0. The zero-order chi connectivity index (χ0) is 46.4. The molecule has 0 unspecified atom stereocenters. The summed E-state index contributed by atoms with van der Waals surface area (Å²) in [6.07, 6.45) is 2.84. The number of phenolic OH excluding ortho intramolecular Hbond substituents is 2. The van der Waals surface area contributed by atoms with E-state index in [-0.39, 0.29) is 24.7 Å². The van der Waals surface area contributed by atoms with Crippen LogP contribution in [-0.2, 0) is 0 Å². The number of aromatic hydroxyl groups is 2. The van der Waals surface area contributed by atoms with Crippen molar-refractivity contribution in [1.82, 2.24) is 29.9 Å². The number of aliphatic hydroxyl groups excluding tert-OH is 2. The van der Waals surface area contributed by atoms with Gasteiger partial charge in [0, 0.05) is 47.6 Å². The monoisotopic (exact) mass is 882 g/mol. The second-order valence-corrected chi connectivity index (χ2v) is 15.9. The van der Waals surface area contributed by atoms with Gasteiger partial charge in [-0.2, -0.15) is 0 Å². The quantitative estimate of drug-likeness (QED) is 0.0677. The number of aromatic nitrogens is 6. The van der Waals surface area contributed by atoms with E-state index in [4.69, 9.17) is 34.6 Å². The van der Waals surface area contributed by atoms with E-state index < -0.39 is 0 Å². The highest BCUT2D eigenvalue weighted by Gasteiger charge is 2.18. The lowest BCUT2D eigenvalue weighted by molar-refractivity contribution is 0.252. The summed E-state index contributed by atoms with van der Waals surface area (Å²) < 4.78 is 11.3. The van der Waals surface area contributed by atoms with E-state index in [9.17, 15) is 10.2 Å². The van der Waals surface area contributed by atoms with Gasteiger partial charge < -0.3 is 29.9 Å². The standard InChI is InChI=1S/C29H31N3O3.C25H23N3O3/c1-18-7-10-23(20(3)15-18)27-30-28(24-11-8-19(2)16-21(24)4)32-29(31-27)25-12-9-22(17-26(25)34)35-14-6-5-13-33;29-15-7-8-16-31-20-13-14-21(22(30)17-20)25-27-23(18-9-3-1-4-10-18)26-24(28-25)19-11-5-2-6-12-19/h7-12,15-17,33-34H,5-6,13-14H2,1-4H3;1-6,9-14,17,29-30H,7-8,15-16H2. The van der Waals surface area contributed by atoms with Gasteiger partial charge >= 0.3 is 0 Å². The molecule has 12 heteroatoms. The third-order valence-electron chi connectivity index (χ3n) is 10.6. The first kappa shape index (κ1) is 46.5. The molecule has 0 saturated heterocycles.